The van der Waals surface area contributed by atoms with E-state index in [9.17, 15) is 4.79 Å². The summed E-state index contributed by atoms with van der Waals surface area (Å²) in [6.45, 7) is 3.13. The number of hydrogen-bond acceptors (Lipinski definition) is 6. The molecule has 1 heterocycles. The van der Waals surface area contributed by atoms with Gasteiger partial charge in [-0.25, -0.2) is 4.99 Å². The second-order valence-corrected chi connectivity index (χ2v) is 7.40. The number of nitrogens with one attached hydrogen (secondary N) is 2. The van der Waals surface area contributed by atoms with Gasteiger partial charge in [0, 0.05) is 29.7 Å². The summed E-state index contributed by atoms with van der Waals surface area (Å²) in [5.41, 5.74) is 2.14. The van der Waals surface area contributed by atoms with Crippen molar-refractivity contribution >= 4 is 17.6 Å². The molecule has 1 amide bonds. The zero-order valence-electron chi connectivity index (χ0n) is 19.7. The van der Waals surface area contributed by atoms with Crippen LogP contribution in [-0.2, 0) is 6.54 Å². The van der Waals surface area contributed by atoms with E-state index in [0.717, 1.165) is 24.2 Å². The van der Waals surface area contributed by atoms with Crippen molar-refractivity contribution in [1.82, 2.24) is 10.3 Å². The number of amides is 1. The average Bonchev–Trinajstić information content (AvgIpc) is 2.88. The standard InChI is InChI=1S/C26H30N4O4/c1-4-5-16-34-22-9-6-20(7-10-22)25(31)30-26(28-18-19-12-14-27-15-13-19)29-21-8-11-23(32-2)24(17-21)33-3/h6-15,17H,4-5,16,18H2,1-3H3,(H2,28,29,30,31). The third-order valence-corrected chi connectivity index (χ3v) is 4.93. The molecule has 0 aliphatic carbocycles. The molecule has 8 nitrogen and oxygen atoms in total. The number of aliphatic imine (C=N–C) groups is 1. The first kappa shape index (κ1) is 24.6. The number of unbranched alkanes of at least 4 members (excludes halogenated alkanes) is 1. The van der Waals surface area contributed by atoms with Gasteiger partial charge in [-0.2, -0.15) is 0 Å². The Labute approximate surface area is 200 Å². The third-order valence-electron chi connectivity index (χ3n) is 4.93. The van der Waals surface area contributed by atoms with Crippen LogP contribution in [0.2, 0.25) is 0 Å². The molecule has 2 aromatic carbocycles. The molecule has 2 N–H and O–H groups in total. The maximum absolute atomic E-state index is 12.9. The number of hydrogen-bond donors (Lipinski definition) is 2. The quantitative estimate of drug-likeness (QED) is 0.258. The average molecular weight is 463 g/mol. The molecular weight excluding hydrogens is 432 g/mol. The van der Waals surface area contributed by atoms with E-state index in [2.05, 4.69) is 27.5 Å². The Hall–Kier alpha value is -4.07. The summed E-state index contributed by atoms with van der Waals surface area (Å²) in [6, 6.07) is 16.2. The van der Waals surface area contributed by atoms with Gasteiger partial charge in [0.15, 0.2) is 11.5 Å². The minimum absolute atomic E-state index is 0.290. The van der Waals surface area contributed by atoms with Gasteiger partial charge in [-0.1, -0.05) is 13.3 Å². The van der Waals surface area contributed by atoms with Crippen molar-refractivity contribution in [2.24, 2.45) is 4.99 Å². The highest BCUT2D eigenvalue weighted by Crippen LogP contribution is 2.29. The summed E-state index contributed by atoms with van der Waals surface area (Å²) in [4.78, 5) is 21.5. The minimum atomic E-state index is -0.290. The third kappa shape index (κ3) is 7.23. The monoisotopic (exact) mass is 462 g/mol. The summed E-state index contributed by atoms with van der Waals surface area (Å²) in [5.74, 6) is 1.92. The Morgan fingerprint density at radius 3 is 2.38 bits per heavy atom. The van der Waals surface area contributed by atoms with E-state index in [1.54, 1.807) is 63.0 Å². The first-order valence-corrected chi connectivity index (χ1v) is 11.1. The number of anilines is 1. The Kier molecular flexibility index (Phi) is 9.28. The van der Waals surface area contributed by atoms with E-state index < -0.39 is 0 Å². The topological polar surface area (TPSA) is 94.1 Å². The number of methoxy groups -OCH3 is 2. The fraction of sp³-hybridized carbons (Fsp3) is 0.269. The van der Waals surface area contributed by atoms with Crippen LogP contribution in [0.1, 0.15) is 35.7 Å². The molecule has 0 bridgehead atoms. The number of rotatable bonds is 10. The van der Waals surface area contributed by atoms with Crippen LogP contribution in [0.25, 0.3) is 0 Å². The zero-order chi connectivity index (χ0) is 24.2. The SMILES string of the molecule is CCCCOc1ccc(C(=O)NC(=NCc2ccncc2)Nc2ccc(OC)c(OC)c2)cc1. The summed E-state index contributed by atoms with van der Waals surface area (Å²) in [5, 5.41) is 6.03. The fourth-order valence-electron chi connectivity index (χ4n) is 3.04. The molecule has 178 valence electrons. The number of carbonyl (C=O) groups excluding carboxylic acids is 1. The number of carbonyl (C=O) groups is 1. The fourth-order valence-corrected chi connectivity index (χ4v) is 3.04. The van der Waals surface area contributed by atoms with E-state index in [0.29, 0.717) is 41.9 Å². The van der Waals surface area contributed by atoms with Crippen molar-refractivity contribution in [3.05, 3.63) is 78.1 Å². The maximum atomic E-state index is 12.9. The molecule has 8 heteroatoms. The molecule has 0 fully saturated rings. The number of guanidine groups is 1. The highest BCUT2D eigenvalue weighted by atomic mass is 16.5. The lowest BCUT2D eigenvalue weighted by molar-refractivity contribution is 0.0977. The van der Waals surface area contributed by atoms with Gasteiger partial charge in [-0.15, -0.1) is 0 Å². The summed E-state index contributed by atoms with van der Waals surface area (Å²) in [7, 11) is 3.14. The van der Waals surface area contributed by atoms with Crippen molar-refractivity contribution in [2.45, 2.75) is 26.3 Å². The predicted octanol–water partition coefficient (Wildman–Crippen LogP) is 4.68. The maximum Gasteiger partial charge on any atom is 0.257 e. The van der Waals surface area contributed by atoms with Crippen LogP contribution in [0.15, 0.2) is 72.0 Å². The Balaban J connectivity index is 1.76. The first-order chi connectivity index (χ1) is 16.6. The van der Waals surface area contributed by atoms with Gasteiger partial charge in [0.2, 0.25) is 5.96 Å². The lowest BCUT2D eigenvalue weighted by atomic mass is 10.2. The molecule has 0 aliphatic heterocycles. The summed E-state index contributed by atoms with van der Waals surface area (Å²) < 4.78 is 16.3. The molecule has 0 unspecified atom stereocenters. The molecule has 0 saturated carbocycles. The lowest BCUT2D eigenvalue weighted by Gasteiger charge is -2.14. The van der Waals surface area contributed by atoms with Crippen LogP contribution in [0.4, 0.5) is 5.69 Å². The molecule has 0 saturated heterocycles. The summed E-state index contributed by atoms with van der Waals surface area (Å²) in [6.07, 6.45) is 5.46. The van der Waals surface area contributed by atoms with Crippen LogP contribution in [0.5, 0.6) is 17.2 Å². The molecule has 3 aromatic rings. The molecule has 0 radical (unpaired) electrons. The number of aromatic nitrogens is 1. The van der Waals surface area contributed by atoms with Crippen LogP contribution in [0, 0.1) is 0 Å². The number of pyridine rings is 1. The van der Waals surface area contributed by atoms with Crippen LogP contribution in [-0.4, -0.2) is 37.7 Å². The Morgan fingerprint density at radius 1 is 0.971 bits per heavy atom. The molecular formula is C26H30N4O4. The van der Waals surface area contributed by atoms with Crippen molar-refractivity contribution in [2.75, 3.05) is 26.1 Å². The molecule has 0 atom stereocenters. The first-order valence-electron chi connectivity index (χ1n) is 11.1. The Bertz CT molecular complexity index is 1090. The van der Waals surface area contributed by atoms with Crippen molar-refractivity contribution in [3.8, 4) is 17.2 Å². The van der Waals surface area contributed by atoms with Gasteiger partial charge >= 0.3 is 0 Å². The van der Waals surface area contributed by atoms with E-state index in [4.69, 9.17) is 14.2 Å². The second kappa shape index (κ2) is 12.8. The van der Waals surface area contributed by atoms with E-state index in [1.165, 1.54) is 0 Å². The van der Waals surface area contributed by atoms with Crippen LogP contribution >= 0.6 is 0 Å². The van der Waals surface area contributed by atoms with Gasteiger partial charge in [-0.05, 0) is 60.5 Å². The molecule has 3 rings (SSSR count). The molecule has 34 heavy (non-hydrogen) atoms. The Morgan fingerprint density at radius 2 is 1.71 bits per heavy atom. The zero-order valence-corrected chi connectivity index (χ0v) is 19.7. The van der Waals surface area contributed by atoms with Crippen LogP contribution in [0.3, 0.4) is 0 Å². The van der Waals surface area contributed by atoms with Crippen LogP contribution < -0.4 is 24.8 Å². The molecule has 0 spiro atoms. The number of benzene rings is 2. The largest absolute Gasteiger partial charge is 0.494 e. The van der Waals surface area contributed by atoms with Crippen molar-refractivity contribution < 1.29 is 19.0 Å². The van der Waals surface area contributed by atoms with Gasteiger partial charge in [0.1, 0.15) is 5.75 Å². The normalized spacial score (nSPS) is 11.0. The van der Waals surface area contributed by atoms with E-state index in [1.807, 2.05) is 18.2 Å². The highest BCUT2D eigenvalue weighted by molar-refractivity contribution is 6.10. The van der Waals surface area contributed by atoms with E-state index >= 15 is 0 Å². The predicted molar refractivity (Wildman–Crippen MR) is 133 cm³/mol. The highest BCUT2D eigenvalue weighted by Gasteiger charge is 2.12. The van der Waals surface area contributed by atoms with E-state index in [-0.39, 0.29) is 5.91 Å². The van der Waals surface area contributed by atoms with Crippen molar-refractivity contribution in [1.29, 1.82) is 0 Å². The summed E-state index contributed by atoms with van der Waals surface area (Å²) >= 11 is 0. The number of nitrogens with zero attached hydrogens (tertiary/aromatic N) is 2. The van der Waals surface area contributed by atoms with Gasteiger partial charge < -0.3 is 19.5 Å². The van der Waals surface area contributed by atoms with Gasteiger partial charge in [-0.3, -0.25) is 15.1 Å². The lowest BCUT2D eigenvalue weighted by Crippen LogP contribution is -2.36. The number of ether oxygens (including phenoxy) is 3. The molecule has 1 aromatic heterocycles. The molecule has 0 aliphatic rings. The minimum Gasteiger partial charge on any atom is -0.494 e. The van der Waals surface area contributed by atoms with Gasteiger partial charge in [0.05, 0.1) is 27.4 Å². The van der Waals surface area contributed by atoms with Crippen molar-refractivity contribution in [3.63, 3.8) is 0 Å². The smallest absolute Gasteiger partial charge is 0.257 e. The second-order valence-electron chi connectivity index (χ2n) is 7.40. The van der Waals surface area contributed by atoms with Gasteiger partial charge in [0.25, 0.3) is 5.91 Å².